The van der Waals surface area contributed by atoms with Crippen molar-refractivity contribution in [3.63, 3.8) is 0 Å². The van der Waals surface area contributed by atoms with Gasteiger partial charge in [-0.2, -0.15) is 0 Å². The molecule has 2 aliphatic heterocycles. The molecule has 7 heteroatoms. The van der Waals surface area contributed by atoms with E-state index in [1.807, 2.05) is 12.3 Å². The van der Waals surface area contributed by atoms with E-state index in [0.717, 1.165) is 29.5 Å². The van der Waals surface area contributed by atoms with Gasteiger partial charge in [0.2, 0.25) is 0 Å². The molecule has 0 amide bonds. The summed E-state index contributed by atoms with van der Waals surface area (Å²) < 4.78 is 5.19. The van der Waals surface area contributed by atoms with E-state index in [0.29, 0.717) is 24.8 Å². The molecule has 0 spiro atoms. The second-order valence-electron chi connectivity index (χ2n) is 5.55. The van der Waals surface area contributed by atoms with Crippen LogP contribution in [0, 0.1) is 0 Å². The fraction of sp³-hybridized carbons (Fsp3) is 0.533. The maximum absolute atomic E-state index is 12.2. The molecule has 22 heavy (non-hydrogen) atoms. The number of carbonyl (C=O) groups is 1. The number of esters is 1. The summed E-state index contributed by atoms with van der Waals surface area (Å²) in [5.41, 5.74) is 1.73. The number of aliphatic imine (C=N–C) groups is 1. The van der Waals surface area contributed by atoms with Crippen molar-refractivity contribution < 1.29 is 9.53 Å². The summed E-state index contributed by atoms with van der Waals surface area (Å²) in [5.74, 6) is 0.631. The van der Waals surface area contributed by atoms with Crippen molar-refractivity contribution in [1.29, 1.82) is 0 Å². The van der Waals surface area contributed by atoms with Gasteiger partial charge in [-0.3, -0.25) is 4.99 Å². The van der Waals surface area contributed by atoms with Gasteiger partial charge in [0, 0.05) is 36.3 Å². The van der Waals surface area contributed by atoms with E-state index in [-0.39, 0.29) is 5.97 Å². The Hall–Kier alpha value is -1.73. The first-order valence-corrected chi connectivity index (χ1v) is 8.27. The van der Waals surface area contributed by atoms with Gasteiger partial charge in [0.05, 0.1) is 18.7 Å². The van der Waals surface area contributed by atoms with Gasteiger partial charge in [-0.1, -0.05) is 0 Å². The summed E-state index contributed by atoms with van der Waals surface area (Å²) in [5, 5.41) is 2.85. The molecule has 1 aromatic rings. The Morgan fingerprint density at radius 3 is 3.00 bits per heavy atom. The average Bonchev–Trinajstić information content (AvgIpc) is 3.15. The fourth-order valence-corrected chi connectivity index (χ4v) is 3.47. The van der Waals surface area contributed by atoms with Gasteiger partial charge in [0.25, 0.3) is 0 Å². The van der Waals surface area contributed by atoms with Gasteiger partial charge in [0.1, 0.15) is 0 Å². The minimum Gasteiger partial charge on any atom is -0.463 e. The van der Waals surface area contributed by atoms with Gasteiger partial charge < -0.3 is 14.5 Å². The summed E-state index contributed by atoms with van der Waals surface area (Å²) in [7, 11) is 4.13. The molecule has 118 valence electrons. The van der Waals surface area contributed by atoms with E-state index in [9.17, 15) is 4.79 Å². The SMILES string of the molecule is CCOC(=O)C1=C2CC(N(C)C)CN2C(c2nccs2)=NC1. The third-order valence-corrected chi connectivity index (χ3v) is 4.78. The van der Waals surface area contributed by atoms with Crippen LogP contribution >= 0.6 is 11.3 Å². The summed E-state index contributed by atoms with van der Waals surface area (Å²) in [6, 6.07) is 0.364. The second-order valence-corrected chi connectivity index (χ2v) is 6.45. The number of amidine groups is 1. The zero-order valence-electron chi connectivity index (χ0n) is 13.1. The monoisotopic (exact) mass is 320 g/mol. The normalized spacial score (nSPS) is 21.2. The molecule has 1 atom stereocenters. The molecule has 1 unspecified atom stereocenters. The van der Waals surface area contributed by atoms with Crippen molar-refractivity contribution in [1.82, 2.24) is 14.8 Å². The molecule has 0 saturated carbocycles. The number of ether oxygens (including phenoxy) is 1. The Labute approximate surface area is 134 Å². The Morgan fingerprint density at radius 2 is 2.36 bits per heavy atom. The highest BCUT2D eigenvalue weighted by Crippen LogP contribution is 2.32. The number of carbonyl (C=O) groups excluding carboxylic acids is 1. The predicted molar refractivity (Wildman–Crippen MR) is 86.0 cm³/mol. The van der Waals surface area contributed by atoms with Crippen LogP contribution in [0.5, 0.6) is 0 Å². The first-order valence-electron chi connectivity index (χ1n) is 7.39. The molecule has 0 bridgehead atoms. The van der Waals surface area contributed by atoms with Crippen LogP contribution in [0.1, 0.15) is 18.4 Å². The molecule has 0 N–H and O–H groups in total. The number of hydrogen-bond acceptors (Lipinski definition) is 7. The summed E-state index contributed by atoms with van der Waals surface area (Å²) in [4.78, 5) is 25.5. The molecular formula is C15H20N4O2S. The van der Waals surface area contributed by atoms with E-state index >= 15 is 0 Å². The second kappa shape index (κ2) is 6.18. The molecule has 0 radical (unpaired) electrons. The molecule has 0 aliphatic carbocycles. The molecule has 0 aromatic carbocycles. The lowest BCUT2D eigenvalue weighted by atomic mass is 10.1. The van der Waals surface area contributed by atoms with Crippen molar-refractivity contribution in [3.8, 4) is 0 Å². The van der Waals surface area contributed by atoms with E-state index in [2.05, 4.69) is 33.9 Å². The van der Waals surface area contributed by atoms with E-state index in [1.54, 1.807) is 17.5 Å². The lowest BCUT2D eigenvalue weighted by Crippen LogP contribution is -2.37. The Balaban J connectivity index is 1.95. The number of likely N-dealkylation sites (N-methyl/N-ethyl adjacent to an activating group) is 1. The smallest absolute Gasteiger partial charge is 0.337 e. The lowest BCUT2D eigenvalue weighted by Gasteiger charge is -2.27. The third kappa shape index (κ3) is 2.66. The highest BCUT2D eigenvalue weighted by atomic mass is 32.1. The van der Waals surface area contributed by atoms with E-state index in [1.165, 1.54) is 0 Å². The molecule has 6 nitrogen and oxygen atoms in total. The van der Waals surface area contributed by atoms with E-state index in [4.69, 9.17) is 4.74 Å². The van der Waals surface area contributed by atoms with Crippen LogP contribution in [0.4, 0.5) is 0 Å². The fourth-order valence-electron chi connectivity index (χ4n) is 2.81. The standard InChI is InChI=1S/C15H20N4O2S/c1-4-21-15(20)11-8-17-13(14-16-5-6-22-14)19-9-10(18(2)3)7-12(11)19/h5-6,10H,4,7-9H2,1-3H3. The molecule has 3 heterocycles. The number of fused-ring (bicyclic) bond motifs is 1. The van der Waals surface area contributed by atoms with Crippen LogP contribution in [0.25, 0.3) is 0 Å². The zero-order chi connectivity index (χ0) is 15.7. The molecule has 3 rings (SSSR count). The quantitative estimate of drug-likeness (QED) is 0.784. The Kier molecular flexibility index (Phi) is 4.26. The summed E-state index contributed by atoms with van der Waals surface area (Å²) in [6.07, 6.45) is 2.62. The summed E-state index contributed by atoms with van der Waals surface area (Å²) >= 11 is 1.57. The van der Waals surface area contributed by atoms with Crippen molar-refractivity contribution in [2.24, 2.45) is 4.99 Å². The highest BCUT2D eigenvalue weighted by Gasteiger charge is 2.38. The molecule has 1 fully saturated rings. The first kappa shape index (κ1) is 15.2. The van der Waals surface area contributed by atoms with Crippen molar-refractivity contribution >= 4 is 23.1 Å². The van der Waals surface area contributed by atoms with Gasteiger partial charge in [0.15, 0.2) is 10.8 Å². The van der Waals surface area contributed by atoms with Crippen LogP contribution in [-0.2, 0) is 9.53 Å². The van der Waals surface area contributed by atoms with Crippen LogP contribution in [-0.4, -0.2) is 66.4 Å². The topological polar surface area (TPSA) is 58.0 Å². The van der Waals surface area contributed by atoms with Crippen LogP contribution in [0.2, 0.25) is 0 Å². The van der Waals surface area contributed by atoms with Crippen molar-refractivity contribution in [2.75, 3.05) is 33.8 Å². The number of hydrogen-bond donors (Lipinski definition) is 0. The molecular weight excluding hydrogens is 300 g/mol. The van der Waals surface area contributed by atoms with E-state index < -0.39 is 0 Å². The largest absolute Gasteiger partial charge is 0.463 e. The molecule has 1 saturated heterocycles. The zero-order valence-corrected chi connectivity index (χ0v) is 13.9. The first-order chi connectivity index (χ1) is 10.6. The maximum atomic E-state index is 12.2. The van der Waals surface area contributed by atoms with Crippen LogP contribution in [0.3, 0.4) is 0 Å². The minimum absolute atomic E-state index is 0.246. The lowest BCUT2D eigenvalue weighted by molar-refractivity contribution is -0.138. The Bertz CT molecular complexity index is 621. The number of thiazole rings is 1. The number of nitrogens with zero attached hydrogens (tertiary/aromatic N) is 4. The van der Waals surface area contributed by atoms with Gasteiger partial charge in [-0.15, -0.1) is 11.3 Å². The van der Waals surface area contributed by atoms with Crippen LogP contribution < -0.4 is 0 Å². The van der Waals surface area contributed by atoms with Crippen molar-refractivity contribution in [2.45, 2.75) is 19.4 Å². The molecule has 2 aliphatic rings. The van der Waals surface area contributed by atoms with Crippen LogP contribution in [0.15, 0.2) is 27.8 Å². The number of rotatable bonds is 4. The average molecular weight is 320 g/mol. The predicted octanol–water partition coefficient (Wildman–Crippen LogP) is 1.36. The highest BCUT2D eigenvalue weighted by molar-refractivity contribution is 7.11. The van der Waals surface area contributed by atoms with Crippen molar-refractivity contribution in [3.05, 3.63) is 27.9 Å². The molecule has 1 aromatic heterocycles. The van der Waals surface area contributed by atoms with Gasteiger partial charge >= 0.3 is 5.97 Å². The maximum Gasteiger partial charge on any atom is 0.337 e. The Morgan fingerprint density at radius 1 is 1.55 bits per heavy atom. The number of aromatic nitrogens is 1. The third-order valence-electron chi connectivity index (χ3n) is 4.01. The summed E-state index contributed by atoms with van der Waals surface area (Å²) in [6.45, 7) is 3.41. The van der Waals surface area contributed by atoms with Gasteiger partial charge in [-0.05, 0) is 21.0 Å². The minimum atomic E-state index is -0.246. The van der Waals surface area contributed by atoms with Gasteiger partial charge in [-0.25, -0.2) is 9.78 Å².